The molecule has 0 radical (unpaired) electrons. The van der Waals surface area contributed by atoms with Gasteiger partial charge in [-0.3, -0.25) is 4.79 Å². The molecule has 0 amide bonds. The zero-order chi connectivity index (χ0) is 18.9. The number of hydrogen-bond acceptors (Lipinski definition) is 4. The first kappa shape index (κ1) is 20.9. The van der Waals surface area contributed by atoms with Crippen LogP contribution >= 0.6 is 0 Å². The fraction of sp³-hybridized carbons (Fsp3) is 0.524. The van der Waals surface area contributed by atoms with Crippen LogP contribution in [0, 0.1) is 11.3 Å². The van der Waals surface area contributed by atoms with Gasteiger partial charge in [-0.15, -0.1) is 0 Å². The van der Waals surface area contributed by atoms with E-state index in [1.165, 1.54) is 6.08 Å². The van der Waals surface area contributed by atoms with Crippen molar-refractivity contribution in [1.82, 2.24) is 0 Å². The van der Waals surface area contributed by atoms with Gasteiger partial charge in [0.25, 0.3) is 0 Å². The Morgan fingerprint density at radius 1 is 1.12 bits per heavy atom. The molecule has 0 bridgehead atoms. The van der Waals surface area contributed by atoms with E-state index in [9.17, 15) is 9.59 Å². The first-order chi connectivity index (χ1) is 11.8. The number of esters is 2. The zero-order valence-electron chi connectivity index (χ0n) is 16.0. The Bertz CT molecular complexity index is 569. The van der Waals surface area contributed by atoms with Crippen LogP contribution in [0.2, 0.25) is 0 Å². The highest BCUT2D eigenvalue weighted by atomic mass is 16.6. The van der Waals surface area contributed by atoms with Crippen LogP contribution in [0.3, 0.4) is 0 Å². The maximum Gasteiger partial charge on any atom is 0.331 e. The summed E-state index contributed by atoms with van der Waals surface area (Å²) in [6, 6.07) is 9.54. The van der Waals surface area contributed by atoms with Crippen LogP contribution in [-0.4, -0.2) is 24.6 Å². The molecule has 1 rings (SSSR count). The highest BCUT2D eigenvalue weighted by Crippen LogP contribution is 2.33. The number of hydrogen-bond donors (Lipinski definition) is 0. The van der Waals surface area contributed by atoms with Gasteiger partial charge in [-0.2, -0.15) is 0 Å². The molecule has 4 heteroatoms. The van der Waals surface area contributed by atoms with Crippen LogP contribution in [-0.2, 0) is 19.1 Å². The molecule has 0 fully saturated rings. The smallest absolute Gasteiger partial charge is 0.331 e. The average Bonchev–Trinajstić information content (AvgIpc) is 2.53. The standard InChI is InChI=1S/C21H30O4/c1-6-11-17(19(21(3,4)5)20(23)24-7-2)25-18(22)15-14-16-12-9-8-10-13-16/h8-10,12-15,17,19H,6-7,11H2,1-5H3. The van der Waals surface area contributed by atoms with Crippen LogP contribution in [0.25, 0.3) is 6.08 Å². The molecule has 2 atom stereocenters. The van der Waals surface area contributed by atoms with Crippen molar-refractivity contribution >= 4 is 18.0 Å². The van der Waals surface area contributed by atoms with Gasteiger partial charge in [0, 0.05) is 6.08 Å². The fourth-order valence-corrected chi connectivity index (χ4v) is 2.79. The molecule has 138 valence electrons. The van der Waals surface area contributed by atoms with Crippen LogP contribution in [0.1, 0.15) is 53.0 Å². The summed E-state index contributed by atoms with van der Waals surface area (Å²) in [5, 5.41) is 0. The summed E-state index contributed by atoms with van der Waals surface area (Å²) in [4.78, 5) is 24.7. The largest absolute Gasteiger partial charge is 0.466 e. The highest BCUT2D eigenvalue weighted by Gasteiger charge is 2.40. The summed E-state index contributed by atoms with van der Waals surface area (Å²) in [7, 11) is 0. The van der Waals surface area contributed by atoms with Crippen molar-refractivity contribution in [2.24, 2.45) is 11.3 Å². The topological polar surface area (TPSA) is 52.6 Å². The molecule has 0 saturated carbocycles. The van der Waals surface area contributed by atoms with Crippen molar-refractivity contribution in [3.8, 4) is 0 Å². The van der Waals surface area contributed by atoms with Crippen LogP contribution in [0.15, 0.2) is 36.4 Å². The third kappa shape index (κ3) is 7.12. The summed E-state index contributed by atoms with van der Waals surface area (Å²) in [6.45, 7) is 9.99. The van der Waals surface area contributed by atoms with Gasteiger partial charge in [0.15, 0.2) is 0 Å². The second-order valence-corrected chi connectivity index (χ2v) is 7.10. The van der Waals surface area contributed by atoms with Gasteiger partial charge in [-0.25, -0.2) is 4.79 Å². The van der Waals surface area contributed by atoms with Crippen LogP contribution in [0.5, 0.6) is 0 Å². The van der Waals surface area contributed by atoms with Gasteiger partial charge in [-0.1, -0.05) is 64.4 Å². The maximum atomic E-state index is 12.4. The van der Waals surface area contributed by atoms with E-state index in [-0.39, 0.29) is 11.4 Å². The summed E-state index contributed by atoms with van der Waals surface area (Å²) in [6.07, 6.45) is 4.04. The SMILES string of the molecule is CCCC(OC(=O)C=Cc1ccccc1)C(C(=O)OCC)C(C)(C)C. The van der Waals surface area contributed by atoms with Crippen LogP contribution in [0.4, 0.5) is 0 Å². The lowest BCUT2D eigenvalue weighted by Gasteiger charge is -2.34. The Labute approximate surface area is 151 Å². The first-order valence-corrected chi connectivity index (χ1v) is 8.90. The van der Waals surface area contributed by atoms with Crippen molar-refractivity contribution in [2.75, 3.05) is 6.61 Å². The molecule has 0 N–H and O–H groups in total. The summed E-state index contributed by atoms with van der Waals surface area (Å²) in [5.41, 5.74) is 0.555. The van der Waals surface area contributed by atoms with Gasteiger partial charge in [-0.05, 0) is 30.4 Å². The quantitative estimate of drug-likeness (QED) is 0.508. The summed E-state index contributed by atoms with van der Waals surface area (Å²) >= 11 is 0. The Morgan fingerprint density at radius 2 is 1.76 bits per heavy atom. The van der Waals surface area contributed by atoms with Crippen molar-refractivity contribution < 1.29 is 19.1 Å². The Hall–Kier alpha value is -2.10. The molecule has 1 aromatic carbocycles. The molecule has 2 unspecified atom stereocenters. The Balaban J connectivity index is 2.90. The molecule has 25 heavy (non-hydrogen) atoms. The molecule has 0 heterocycles. The predicted octanol–water partition coefficient (Wildman–Crippen LogP) is 4.64. The number of carbonyl (C=O) groups excluding carboxylic acids is 2. The molecule has 0 saturated heterocycles. The molecular formula is C21H30O4. The Morgan fingerprint density at radius 3 is 2.28 bits per heavy atom. The van der Waals surface area contributed by atoms with E-state index in [4.69, 9.17) is 9.47 Å². The summed E-state index contributed by atoms with van der Waals surface area (Å²) in [5.74, 6) is -1.25. The van der Waals surface area contributed by atoms with Gasteiger partial charge < -0.3 is 9.47 Å². The minimum Gasteiger partial charge on any atom is -0.466 e. The molecule has 0 aliphatic heterocycles. The van der Waals surface area contributed by atoms with Gasteiger partial charge in [0.2, 0.25) is 0 Å². The number of carbonyl (C=O) groups is 2. The lowest BCUT2D eigenvalue weighted by atomic mass is 9.76. The molecule has 4 nitrogen and oxygen atoms in total. The van der Waals surface area contributed by atoms with Crippen molar-refractivity contribution in [3.63, 3.8) is 0 Å². The Kier molecular flexibility index (Phi) is 8.39. The molecule has 0 spiro atoms. The normalized spacial score (nSPS) is 14.1. The third-order valence-corrected chi connectivity index (χ3v) is 3.90. The minimum absolute atomic E-state index is 0.312. The second kappa shape index (κ2) is 10.0. The summed E-state index contributed by atoms with van der Waals surface area (Å²) < 4.78 is 10.9. The molecule has 0 aliphatic carbocycles. The first-order valence-electron chi connectivity index (χ1n) is 8.90. The van der Waals surface area contributed by atoms with Crippen LogP contribution < -0.4 is 0 Å². The van der Waals surface area contributed by atoms with E-state index in [1.54, 1.807) is 13.0 Å². The van der Waals surface area contributed by atoms with E-state index in [1.807, 2.05) is 58.0 Å². The number of ether oxygens (including phenoxy) is 2. The number of benzene rings is 1. The van der Waals surface area contributed by atoms with E-state index in [2.05, 4.69) is 0 Å². The van der Waals surface area contributed by atoms with E-state index < -0.39 is 18.0 Å². The second-order valence-electron chi connectivity index (χ2n) is 7.10. The molecule has 0 aromatic heterocycles. The van der Waals surface area contributed by atoms with E-state index in [0.29, 0.717) is 13.0 Å². The number of rotatable bonds is 8. The minimum atomic E-state index is -0.503. The molecule has 0 aliphatic rings. The third-order valence-electron chi connectivity index (χ3n) is 3.90. The van der Waals surface area contributed by atoms with Gasteiger partial charge in [0.05, 0.1) is 12.5 Å². The predicted molar refractivity (Wildman–Crippen MR) is 99.8 cm³/mol. The lowest BCUT2D eigenvalue weighted by molar-refractivity contribution is -0.165. The lowest BCUT2D eigenvalue weighted by Crippen LogP contribution is -2.41. The van der Waals surface area contributed by atoms with Crippen molar-refractivity contribution in [2.45, 2.75) is 53.6 Å². The van der Waals surface area contributed by atoms with Gasteiger partial charge >= 0.3 is 11.9 Å². The van der Waals surface area contributed by atoms with E-state index >= 15 is 0 Å². The fourth-order valence-electron chi connectivity index (χ4n) is 2.79. The highest BCUT2D eigenvalue weighted by molar-refractivity contribution is 5.87. The molecular weight excluding hydrogens is 316 g/mol. The van der Waals surface area contributed by atoms with Crippen molar-refractivity contribution in [3.05, 3.63) is 42.0 Å². The maximum absolute atomic E-state index is 12.4. The van der Waals surface area contributed by atoms with Crippen molar-refractivity contribution in [1.29, 1.82) is 0 Å². The molecule has 1 aromatic rings. The monoisotopic (exact) mass is 346 g/mol. The van der Waals surface area contributed by atoms with E-state index in [0.717, 1.165) is 12.0 Å². The van der Waals surface area contributed by atoms with Gasteiger partial charge in [0.1, 0.15) is 6.10 Å². The zero-order valence-corrected chi connectivity index (χ0v) is 16.0. The average molecular weight is 346 g/mol.